The Kier molecular flexibility index (Phi) is 4.67. The zero-order valence-corrected chi connectivity index (χ0v) is 15.3. The van der Waals surface area contributed by atoms with Crippen molar-refractivity contribution in [1.82, 2.24) is 4.57 Å². The van der Waals surface area contributed by atoms with Gasteiger partial charge in [-0.25, -0.2) is 0 Å². The van der Waals surface area contributed by atoms with Gasteiger partial charge in [-0.2, -0.15) is 0 Å². The summed E-state index contributed by atoms with van der Waals surface area (Å²) in [5.41, 5.74) is 4.89. The van der Waals surface area contributed by atoms with E-state index >= 15 is 0 Å². The van der Waals surface area contributed by atoms with Gasteiger partial charge in [0.15, 0.2) is 6.23 Å². The molecule has 0 amide bonds. The van der Waals surface area contributed by atoms with Crippen molar-refractivity contribution in [3.8, 4) is 11.4 Å². The summed E-state index contributed by atoms with van der Waals surface area (Å²) in [4.78, 5) is 2.30. The number of ether oxygens (including phenoxy) is 2. The van der Waals surface area contributed by atoms with Gasteiger partial charge in [-0.15, -0.1) is 0 Å². The van der Waals surface area contributed by atoms with Gasteiger partial charge in [-0.05, 0) is 48.4 Å². The third-order valence-electron chi connectivity index (χ3n) is 4.95. The molecule has 4 rings (SSSR count). The van der Waals surface area contributed by atoms with Crippen LogP contribution in [-0.2, 0) is 11.2 Å². The molecule has 2 aromatic carbocycles. The average Bonchev–Trinajstić information content (AvgIpc) is 3.37. The molecule has 1 aliphatic heterocycles. The summed E-state index contributed by atoms with van der Waals surface area (Å²) >= 11 is 0. The second-order valence-electron chi connectivity index (χ2n) is 6.45. The lowest BCUT2D eigenvalue weighted by molar-refractivity contribution is 0.114. The molecule has 134 valence electrons. The minimum Gasteiger partial charge on any atom is -0.497 e. The highest BCUT2D eigenvalue weighted by Gasteiger charge is 2.28. The molecule has 3 aromatic rings. The lowest BCUT2D eigenvalue weighted by Crippen LogP contribution is -2.22. The van der Waals surface area contributed by atoms with Crippen molar-refractivity contribution < 1.29 is 9.47 Å². The average molecular weight is 348 g/mol. The molecule has 1 aliphatic rings. The largest absolute Gasteiger partial charge is 0.497 e. The number of hydrogen-bond acceptors (Lipinski definition) is 3. The van der Waals surface area contributed by atoms with E-state index in [-0.39, 0.29) is 6.23 Å². The Balaban J connectivity index is 1.61. The predicted molar refractivity (Wildman–Crippen MR) is 104 cm³/mol. The van der Waals surface area contributed by atoms with Crippen LogP contribution in [-0.4, -0.2) is 24.8 Å². The standard InChI is InChI=1S/C22H24N2O2/c1-3-17-6-4-5-7-21(17)23-13-12-18(16-23)22-24(14-15-26-22)19-8-10-20(25-2)11-9-19/h4-13,16,22H,3,14-15H2,1-2H3. The maximum atomic E-state index is 6.05. The first-order chi connectivity index (χ1) is 12.8. The van der Waals surface area contributed by atoms with Crippen LogP contribution in [0.15, 0.2) is 67.0 Å². The van der Waals surface area contributed by atoms with Crippen LogP contribution in [0.4, 0.5) is 5.69 Å². The normalized spacial score (nSPS) is 16.8. The van der Waals surface area contributed by atoms with Gasteiger partial charge in [0.25, 0.3) is 0 Å². The van der Waals surface area contributed by atoms with Gasteiger partial charge in [-0.1, -0.05) is 25.1 Å². The highest BCUT2D eigenvalue weighted by molar-refractivity contribution is 5.52. The third kappa shape index (κ3) is 3.08. The number of rotatable bonds is 5. The van der Waals surface area contributed by atoms with E-state index in [2.05, 4.69) is 71.2 Å². The van der Waals surface area contributed by atoms with Gasteiger partial charge in [-0.3, -0.25) is 0 Å². The lowest BCUT2D eigenvalue weighted by atomic mass is 10.1. The van der Waals surface area contributed by atoms with Crippen molar-refractivity contribution in [3.05, 3.63) is 78.1 Å². The Bertz CT molecular complexity index is 870. The molecule has 4 nitrogen and oxygen atoms in total. The molecule has 1 saturated heterocycles. The summed E-state index contributed by atoms with van der Waals surface area (Å²) in [6.07, 6.45) is 5.26. The van der Waals surface area contributed by atoms with Gasteiger partial charge in [0.1, 0.15) is 5.75 Å². The van der Waals surface area contributed by atoms with Crippen molar-refractivity contribution in [2.24, 2.45) is 0 Å². The third-order valence-corrected chi connectivity index (χ3v) is 4.95. The minimum absolute atomic E-state index is 0.0570. The molecule has 0 aliphatic carbocycles. The summed E-state index contributed by atoms with van der Waals surface area (Å²) in [6, 6.07) is 18.8. The van der Waals surface area contributed by atoms with E-state index in [1.807, 2.05) is 12.1 Å². The quantitative estimate of drug-likeness (QED) is 0.675. The molecule has 0 spiro atoms. The maximum absolute atomic E-state index is 6.05. The first-order valence-electron chi connectivity index (χ1n) is 9.08. The van der Waals surface area contributed by atoms with Crippen molar-refractivity contribution in [2.75, 3.05) is 25.2 Å². The van der Waals surface area contributed by atoms with Crippen LogP contribution in [0, 0.1) is 0 Å². The van der Waals surface area contributed by atoms with E-state index in [1.165, 1.54) is 16.8 Å². The fourth-order valence-corrected chi connectivity index (χ4v) is 3.55. The Hall–Kier alpha value is -2.72. The molecule has 0 bridgehead atoms. The summed E-state index contributed by atoms with van der Waals surface area (Å²) in [5, 5.41) is 0. The number of aryl methyl sites for hydroxylation is 1. The number of para-hydroxylation sites is 1. The number of hydrogen-bond donors (Lipinski definition) is 0. The van der Waals surface area contributed by atoms with E-state index in [0.717, 1.165) is 31.0 Å². The Morgan fingerprint density at radius 2 is 1.88 bits per heavy atom. The molecule has 26 heavy (non-hydrogen) atoms. The van der Waals surface area contributed by atoms with Gasteiger partial charge >= 0.3 is 0 Å². The molecule has 4 heteroatoms. The Labute approximate surface area is 154 Å². The van der Waals surface area contributed by atoms with Gasteiger partial charge in [0.2, 0.25) is 0 Å². The molecule has 2 heterocycles. The van der Waals surface area contributed by atoms with Crippen molar-refractivity contribution >= 4 is 5.69 Å². The summed E-state index contributed by atoms with van der Waals surface area (Å²) < 4.78 is 13.5. The SMILES string of the molecule is CCc1ccccc1-n1ccc(C2OCCN2c2ccc(OC)cc2)c1. The fourth-order valence-electron chi connectivity index (χ4n) is 3.55. The highest BCUT2D eigenvalue weighted by atomic mass is 16.5. The van der Waals surface area contributed by atoms with Crippen LogP contribution in [0.25, 0.3) is 5.69 Å². The van der Waals surface area contributed by atoms with Gasteiger partial charge in [0, 0.05) is 35.9 Å². The van der Waals surface area contributed by atoms with Crippen LogP contribution in [0.1, 0.15) is 24.3 Å². The van der Waals surface area contributed by atoms with E-state index in [4.69, 9.17) is 9.47 Å². The molecular weight excluding hydrogens is 324 g/mol. The fraction of sp³-hybridized carbons (Fsp3) is 0.273. The number of benzene rings is 2. The van der Waals surface area contributed by atoms with Crippen LogP contribution in [0.5, 0.6) is 5.75 Å². The smallest absolute Gasteiger partial charge is 0.158 e. The van der Waals surface area contributed by atoms with Crippen molar-refractivity contribution in [2.45, 2.75) is 19.6 Å². The van der Waals surface area contributed by atoms with Crippen LogP contribution >= 0.6 is 0 Å². The molecule has 0 saturated carbocycles. The van der Waals surface area contributed by atoms with Gasteiger partial charge < -0.3 is 18.9 Å². The molecule has 0 N–H and O–H groups in total. The molecular formula is C22H24N2O2. The predicted octanol–water partition coefficient (Wildman–Crippen LogP) is 4.58. The van der Waals surface area contributed by atoms with E-state index in [9.17, 15) is 0 Å². The number of nitrogens with zero attached hydrogens (tertiary/aromatic N) is 2. The molecule has 1 unspecified atom stereocenters. The van der Waals surface area contributed by atoms with Crippen LogP contribution in [0.2, 0.25) is 0 Å². The number of anilines is 1. The minimum atomic E-state index is -0.0570. The van der Waals surface area contributed by atoms with Crippen molar-refractivity contribution in [1.29, 1.82) is 0 Å². The van der Waals surface area contributed by atoms with Crippen LogP contribution in [0.3, 0.4) is 0 Å². The molecule has 1 fully saturated rings. The first-order valence-corrected chi connectivity index (χ1v) is 9.08. The van der Waals surface area contributed by atoms with Crippen LogP contribution < -0.4 is 9.64 Å². The zero-order chi connectivity index (χ0) is 17.9. The van der Waals surface area contributed by atoms with E-state index in [1.54, 1.807) is 7.11 Å². The van der Waals surface area contributed by atoms with Crippen molar-refractivity contribution in [3.63, 3.8) is 0 Å². The topological polar surface area (TPSA) is 26.6 Å². The molecule has 1 aromatic heterocycles. The second-order valence-corrected chi connectivity index (χ2v) is 6.45. The highest BCUT2D eigenvalue weighted by Crippen LogP contribution is 2.33. The van der Waals surface area contributed by atoms with Gasteiger partial charge in [0.05, 0.1) is 13.7 Å². The zero-order valence-electron chi connectivity index (χ0n) is 15.3. The monoisotopic (exact) mass is 348 g/mol. The first kappa shape index (κ1) is 16.7. The second kappa shape index (κ2) is 7.26. The maximum Gasteiger partial charge on any atom is 0.158 e. The molecule has 1 atom stereocenters. The summed E-state index contributed by atoms with van der Waals surface area (Å²) in [7, 11) is 1.69. The van der Waals surface area contributed by atoms with E-state index in [0.29, 0.717) is 0 Å². The summed E-state index contributed by atoms with van der Waals surface area (Å²) in [6.45, 7) is 3.80. The summed E-state index contributed by atoms with van der Waals surface area (Å²) in [5.74, 6) is 0.868. The Morgan fingerprint density at radius 3 is 2.65 bits per heavy atom. The number of aromatic nitrogens is 1. The lowest BCUT2D eigenvalue weighted by Gasteiger charge is -2.24. The van der Waals surface area contributed by atoms with E-state index < -0.39 is 0 Å². The Morgan fingerprint density at radius 1 is 1.08 bits per heavy atom. The number of methoxy groups -OCH3 is 1. The molecule has 0 radical (unpaired) electrons.